The van der Waals surface area contributed by atoms with Gasteiger partial charge in [-0.1, -0.05) is 49.1 Å². The third kappa shape index (κ3) is 6.86. The first-order chi connectivity index (χ1) is 18.6. The smallest absolute Gasteiger partial charge is 0.243 e. The molecule has 4 aromatic rings. The Labute approximate surface area is 227 Å². The van der Waals surface area contributed by atoms with Crippen LogP contribution < -0.4 is 16.0 Å². The van der Waals surface area contributed by atoms with Crippen LogP contribution in [0, 0.1) is 5.92 Å². The van der Waals surface area contributed by atoms with E-state index < -0.39 is 6.04 Å². The second kappa shape index (κ2) is 12.5. The quantitative estimate of drug-likeness (QED) is 0.264. The molecular weight excluding hydrogens is 500 g/mol. The number of benzene rings is 1. The van der Waals surface area contributed by atoms with Gasteiger partial charge in [-0.2, -0.15) is 9.97 Å². The minimum Gasteiger partial charge on any atom is -0.358 e. The Hall–Kier alpha value is -3.98. The molecule has 3 N–H and O–H groups in total. The fourth-order valence-electron chi connectivity index (χ4n) is 4.72. The van der Waals surface area contributed by atoms with Crippen molar-refractivity contribution in [2.75, 3.05) is 10.6 Å². The number of aromatic nitrogens is 5. The number of imidazole rings is 1. The molecular formula is C28H31ClN8O. The minimum atomic E-state index is -0.417. The number of halogens is 1. The van der Waals surface area contributed by atoms with E-state index in [9.17, 15) is 4.79 Å². The van der Waals surface area contributed by atoms with Gasteiger partial charge >= 0.3 is 0 Å². The first-order valence-electron chi connectivity index (χ1n) is 12.9. The summed E-state index contributed by atoms with van der Waals surface area (Å²) < 4.78 is 1.82. The lowest BCUT2D eigenvalue weighted by molar-refractivity contribution is -0.123. The molecule has 1 aromatic carbocycles. The molecule has 10 heteroatoms. The van der Waals surface area contributed by atoms with Crippen molar-refractivity contribution in [1.29, 1.82) is 0 Å². The number of carbonyl (C=O) groups excluding carboxylic acids is 1. The monoisotopic (exact) mass is 530 g/mol. The Bertz CT molecular complexity index is 1310. The number of rotatable bonds is 10. The molecule has 0 unspecified atom stereocenters. The Balaban J connectivity index is 1.37. The average molecular weight is 531 g/mol. The molecule has 0 bridgehead atoms. The Morgan fingerprint density at radius 1 is 1.00 bits per heavy atom. The van der Waals surface area contributed by atoms with E-state index in [1.165, 1.54) is 6.42 Å². The van der Waals surface area contributed by atoms with Crippen LogP contribution in [-0.2, 0) is 17.9 Å². The lowest BCUT2D eigenvalue weighted by Gasteiger charge is -2.30. The van der Waals surface area contributed by atoms with Gasteiger partial charge in [0.1, 0.15) is 24.0 Å². The number of nitrogens with zero attached hydrogens (tertiary/aromatic N) is 5. The molecule has 5 rings (SSSR count). The van der Waals surface area contributed by atoms with Crippen molar-refractivity contribution in [3.63, 3.8) is 0 Å². The molecule has 1 saturated carbocycles. The Morgan fingerprint density at radius 2 is 1.84 bits per heavy atom. The highest BCUT2D eigenvalue weighted by Gasteiger charge is 2.30. The van der Waals surface area contributed by atoms with Crippen LogP contribution in [0.3, 0.4) is 0 Å². The molecule has 9 nitrogen and oxygen atoms in total. The molecule has 196 valence electrons. The van der Waals surface area contributed by atoms with E-state index >= 15 is 0 Å². The number of nitrogens with one attached hydrogen (secondary N) is 3. The summed E-state index contributed by atoms with van der Waals surface area (Å²) in [5.74, 6) is 1.85. The van der Waals surface area contributed by atoms with Crippen molar-refractivity contribution >= 4 is 29.3 Å². The van der Waals surface area contributed by atoms with Crippen molar-refractivity contribution in [2.24, 2.45) is 5.92 Å². The van der Waals surface area contributed by atoms with E-state index in [0.717, 1.165) is 36.8 Å². The van der Waals surface area contributed by atoms with Crippen molar-refractivity contribution in [3.05, 3.63) is 89.7 Å². The first-order valence-corrected chi connectivity index (χ1v) is 13.3. The molecule has 0 spiro atoms. The van der Waals surface area contributed by atoms with Gasteiger partial charge < -0.3 is 16.0 Å². The van der Waals surface area contributed by atoms with E-state index in [-0.39, 0.29) is 11.8 Å². The number of pyridine rings is 1. The van der Waals surface area contributed by atoms with Crippen LogP contribution in [0.4, 0.5) is 11.8 Å². The summed E-state index contributed by atoms with van der Waals surface area (Å²) in [4.78, 5) is 31.2. The lowest BCUT2D eigenvalue weighted by Crippen LogP contribution is -2.45. The fraction of sp³-hybridized carbons (Fsp3) is 0.321. The largest absolute Gasteiger partial charge is 0.358 e. The molecule has 3 aromatic heterocycles. The van der Waals surface area contributed by atoms with Crippen LogP contribution in [-0.4, -0.2) is 36.5 Å². The van der Waals surface area contributed by atoms with Gasteiger partial charge in [-0.25, -0.2) is 4.98 Å². The maximum Gasteiger partial charge on any atom is 0.243 e. The summed E-state index contributed by atoms with van der Waals surface area (Å²) in [6, 6.07) is 12.8. The summed E-state index contributed by atoms with van der Waals surface area (Å²) in [5.41, 5.74) is 2.01. The highest BCUT2D eigenvalue weighted by Crippen LogP contribution is 2.29. The predicted molar refractivity (Wildman–Crippen MR) is 148 cm³/mol. The molecule has 1 aliphatic rings. The topological polar surface area (TPSA) is 110 Å². The lowest BCUT2D eigenvalue weighted by atomic mass is 9.83. The van der Waals surface area contributed by atoms with Crippen molar-refractivity contribution < 1.29 is 4.79 Å². The van der Waals surface area contributed by atoms with Crippen molar-refractivity contribution in [1.82, 2.24) is 29.8 Å². The maximum atomic E-state index is 13.5. The highest BCUT2D eigenvalue weighted by molar-refractivity contribution is 6.30. The van der Waals surface area contributed by atoms with Gasteiger partial charge in [0.05, 0.1) is 0 Å². The summed E-state index contributed by atoms with van der Waals surface area (Å²) in [6.45, 7) is 0.956. The maximum absolute atomic E-state index is 13.5. The number of carbonyl (C=O) groups is 1. The van der Waals surface area contributed by atoms with Crippen LogP contribution in [0.5, 0.6) is 0 Å². The van der Waals surface area contributed by atoms with Gasteiger partial charge in [0.25, 0.3) is 0 Å². The van der Waals surface area contributed by atoms with Gasteiger partial charge in [0, 0.05) is 49.0 Å². The third-order valence-electron chi connectivity index (χ3n) is 6.74. The van der Waals surface area contributed by atoms with E-state index in [0.29, 0.717) is 35.7 Å². The summed E-state index contributed by atoms with van der Waals surface area (Å²) in [7, 11) is 0. The molecule has 1 aliphatic carbocycles. The SMILES string of the molecule is O=C(NCc1ccc(Cl)cc1)[C@H](Nc1cc(-n2ccnc2)nc(NCc2cccnc2)n1)C1CCCCC1. The molecule has 3 heterocycles. The van der Waals surface area contributed by atoms with Crippen LogP contribution in [0.25, 0.3) is 5.82 Å². The predicted octanol–water partition coefficient (Wildman–Crippen LogP) is 5.00. The van der Waals surface area contributed by atoms with Gasteiger partial charge in [-0.3, -0.25) is 14.3 Å². The first kappa shape index (κ1) is 25.7. The molecule has 1 atom stereocenters. The summed E-state index contributed by atoms with van der Waals surface area (Å²) in [6.07, 6.45) is 14.2. The van der Waals surface area contributed by atoms with E-state index in [1.807, 2.05) is 53.2 Å². The molecule has 38 heavy (non-hydrogen) atoms. The van der Waals surface area contributed by atoms with Gasteiger partial charge in [-0.15, -0.1) is 0 Å². The highest BCUT2D eigenvalue weighted by atomic mass is 35.5. The molecule has 0 radical (unpaired) electrons. The fourth-order valence-corrected chi connectivity index (χ4v) is 4.85. The zero-order chi connectivity index (χ0) is 26.2. The van der Waals surface area contributed by atoms with Crippen molar-refractivity contribution in [2.45, 2.75) is 51.2 Å². The molecule has 1 fully saturated rings. The number of anilines is 2. The second-order valence-corrected chi connectivity index (χ2v) is 9.92. The third-order valence-corrected chi connectivity index (χ3v) is 6.99. The average Bonchev–Trinajstić information content (AvgIpc) is 3.51. The molecule has 1 amide bonds. The van der Waals surface area contributed by atoms with E-state index in [1.54, 1.807) is 24.9 Å². The number of hydrogen-bond acceptors (Lipinski definition) is 7. The molecule has 0 aliphatic heterocycles. The Morgan fingerprint density at radius 3 is 2.58 bits per heavy atom. The zero-order valence-electron chi connectivity index (χ0n) is 21.1. The van der Waals surface area contributed by atoms with Gasteiger partial charge in [-0.05, 0) is 48.1 Å². The number of amides is 1. The van der Waals surface area contributed by atoms with Crippen LogP contribution in [0.2, 0.25) is 5.02 Å². The van der Waals surface area contributed by atoms with Crippen LogP contribution >= 0.6 is 11.6 Å². The second-order valence-electron chi connectivity index (χ2n) is 9.48. The van der Waals surface area contributed by atoms with Crippen molar-refractivity contribution in [3.8, 4) is 5.82 Å². The minimum absolute atomic E-state index is 0.0421. The van der Waals surface area contributed by atoms with Gasteiger partial charge in [0.15, 0.2) is 0 Å². The normalized spacial score (nSPS) is 14.6. The molecule has 0 saturated heterocycles. The van der Waals surface area contributed by atoms with Crippen LogP contribution in [0.1, 0.15) is 43.2 Å². The Kier molecular flexibility index (Phi) is 8.45. The summed E-state index contributed by atoms with van der Waals surface area (Å²) in [5, 5.41) is 10.5. The van der Waals surface area contributed by atoms with E-state index in [4.69, 9.17) is 16.6 Å². The zero-order valence-corrected chi connectivity index (χ0v) is 21.8. The standard InChI is InChI=1S/C28H31ClN8O/c29-23-10-8-20(9-11-23)17-32-27(38)26(22-6-2-1-3-7-22)34-24-15-25(37-14-13-31-19-37)36-28(35-24)33-18-21-5-4-12-30-16-21/h4-5,8-16,19,22,26H,1-3,6-7,17-18H2,(H,32,38)(H2,33,34,35,36)/t26-/m1/s1. The van der Waals surface area contributed by atoms with Gasteiger partial charge in [0.2, 0.25) is 11.9 Å². The summed E-state index contributed by atoms with van der Waals surface area (Å²) >= 11 is 6.01. The number of hydrogen-bond donors (Lipinski definition) is 3. The van der Waals surface area contributed by atoms with Crippen LogP contribution in [0.15, 0.2) is 73.6 Å². The van der Waals surface area contributed by atoms with E-state index in [2.05, 4.69) is 30.9 Å².